The third kappa shape index (κ3) is 9.90. The van der Waals surface area contributed by atoms with Crippen molar-refractivity contribution in [1.82, 2.24) is 24.9 Å². The van der Waals surface area contributed by atoms with Crippen LogP contribution in [0.2, 0.25) is 0 Å². The van der Waals surface area contributed by atoms with Gasteiger partial charge in [-0.2, -0.15) is 0 Å². The van der Waals surface area contributed by atoms with Crippen molar-refractivity contribution < 1.29 is 29.1 Å². The number of likely N-dealkylation sites (tertiary alicyclic amines) is 1. The van der Waals surface area contributed by atoms with Gasteiger partial charge in [0.1, 0.15) is 24.2 Å². The fraction of sp³-hybridized carbons (Fsp3) is 0.553. The van der Waals surface area contributed by atoms with Gasteiger partial charge < -0.3 is 25.1 Å². The minimum Gasteiger partial charge on any atom is -0.480 e. The van der Waals surface area contributed by atoms with E-state index in [-0.39, 0.29) is 30.1 Å². The number of carbonyl (C=O) groups excluding carboxylic acids is 4. The van der Waals surface area contributed by atoms with Crippen LogP contribution in [0.1, 0.15) is 58.1 Å². The van der Waals surface area contributed by atoms with Crippen LogP contribution in [-0.2, 0) is 36.8 Å². The zero-order valence-electron chi connectivity index (χ0n) is 30.3. The standard InChI is InChI=1S/C38H55N5O6/c1-9-26(4)33(38(48)49)42(8)36(46)30-21-16-22-43(30)37(47)32(25(2)3)41(7)35(45)29(23-27-17-12-10-13-18-27)39-34(44)31(40(5)6)24-28-19-14-11-15-20-28/h10-15,17-20,25-26,29-33H,9,16,21-24H2,1-8H3,(H,39,44)(H,48,49). The second kappa shape index (κ2) is 17.9. The molecule has 0 radical (unpaired) electrons. The first-order valence-electron chi connectivity index (χ1n) is 17.3. The molecule has 2 aromatic carbocycles. The minimum atomic E-state index is -1.08. The van der Waals surface area contributed by atoms with Gasteiger partial charge in [0.2, 0.25) is 23.6 Å². The Labute approximate surface area is 291 Å². The van der Waals surface area contributed by atoms with Gasteiger partial charge in [-0.1, -0.05) is 94.8 Å². The number of hydrogen-bond acceptors (Lipinski definition) is 6. The van der Waals surface area contributed by atoms with Gasteiger partial charge in [0.05, 0.1) is 6.04 Å². The lowest BCUT2D eigenvalue weighted by molar-refractivity contribution is -0.156. The van der Waals surface area contributed by atoms with Gasteiger partial charge in [-0.3, -0.25) is 24.1 Å². The predicted octanol–water partition coefficient (Wildman–Crippen LogP) is 3.32. The van der Waals surface area contributed by atoms with Gasteiger partial charge in [0.15, 0.2) is 0 Å². The first kappa shape index (κ1) is 39.2. The molecule has 49 heavy (non-hydrogen) atoms. The van der Waals surface area contributed by atoms with Crippen molar-refractivity contribution in [2.24, 2.45) is 11.8 Å². The van der Waals surface area contributed by atoms with E-state index in [4.69, 9.17) is 0 Å². The molecule has 4 amide bonds. The van der Waals surface area contributed by atoms with E-state index in [9.17, 15) is 29.1 Å². The Morgan fingerprint density at radius 2 is 1.39 bits per heavy atom. The van der Waals surface area contributed by atoms with Gasteiger partial charge in [-0.25, -0.2) is 4.79 Å². The quantitative estimate of drug-likeness (QED) is 0.279. The van der Waals surface area contributed by atoms with Crippen molar-refractivity contribution in [2.75, 3.05) is 34.7 Å². The third-order valence-electron chi connectivity index (χ3n) is 9.77. The van der Waals surface area contributed by atoms with Crippen molar-refractivity contribution >= 4 is 29.6 Å². The van der Waals surface area contributed by atoms with Crippen LogP contribution in [0.4, 0.5) is 0 Å². The summed E-state index contributed by atoms with van der Waals surface area (Å²) in [6.07, 6.45) is 2.24. The van der Waals surface area contributed by atoms with E-state index in [0.717, 1.165) is 11.1 Å². The maximum atomic E-state index is 14.4. The monoisotopic (exact) mass is 677 g/mol. The van der Waals surface area contributed by atoms with Gasteiger partial charge in [-0.05, 0) is 56.3 Å². The lowest BCUT2D eigenvalue weighted by atomic mass is 9.96. The molecular weight excluding hydrogens is 622 g/mol. The maximum absolute atomic E-state index is 14.4. The van der Waals surface area contributed by atoms with Gasteiger partial charge >= 0.3 is 5.97 Å². The Bertz CT molecular complexity index is 1420. The summed E-state index contributed by atoms with van der Waals surface area (Å²) in [6, 6.07) is 14.8. The number of benzene rings is 2. The van der Waals surface area contributed by atoms with Crippen molar-refractivity contribution in [2.45, 2.75) is 90.0 Å². The summed E-state index contributed by atoms with van der Waals surface area (Å²) in [4.78, 5) is 74.4. The second-order valence-electron chi connectivity index (χ2n) is 13.9. The van der Waals surface area contributed by atoms with E-state index < -0.39 is 48.0 Å². The van der Waals surface area contributed by atoms with Crippen LogP contribution in [0, 0.1) is 11.8 Å². The molecule has 11 heteroatoms. The van der Waals surface area contributed by atoms with E-state index in [1.165, 1.54) is 21.7 Å². The molecule has 6 atom stereocenters. The highest BCUT2D eigenvalue weighted by molar-refractivity contribution is 5.96. The summed E-state index contributed by atoms with van der Waals surface area (Å²) in [7, 11) is 6.71. The number of hydrogen-bond donors (Lipinski definition) is 2. The number of carbonyl (C=O) groups is 5. The molecule has 0 saturated carbocycles. The van der Waals surface area contributed by atoms with E-state index in [1.807, 2.05) is 100 Å². The Morgan fingerprint density at radius 1 is 0.837 bits per heavy atom. The molecule has 11 nitrogen and oxygen atoms in total. The first-order valence-corrected chi connectivity index (χ1v) is 17.3. The molecular formula is C38H55N5O6. The summed E-state index contributed by atoms with van der Waals surface area (Å²) in [5.74, 6) is -3.18. The van der Waals surface area contributed by atoms with Gasteiger partial charge in [0.25, 0.3) is 0 Å². The highest BCUT2D eigenvalue weighted by Gasteiger charge is 2.44. The summed E-state index contributed by atoms with van der Waals surface area (Å²) in [5, 5.41) is 12.9. The van der Waals surface area contributed by atoms with Crippen molar-refractivity contribution in [3.05, 3.63) is 71.8 Å². The number of carboxylic acids is 1. The van der Waals surface area contributed by atoms with E-state index in [1.54, 1.807) is 14.0 Å². The molecule has 2 aromatic rings. The van der Waals surface area contributed by atoms with Crippen LogP contribution in [-0.4, -0.2) is 119 Å². The van der Waals surface area contributed by atoms with Crippen LogP contribution in [0.25, 0.3) is 0 Å². The molecule has 0 bridgehead atoms. The highest BCUT2D eigenvalue weighted by atomic mass is 16.4. The fourth-order valence-electron chi connectivity index (χ4n) is 6.79. The Hall–Kier alpha value is -4.25. The first-order chi connectivity index (χ1) is 23.2. The van der Waals surface area contributed by atoms with Crippen LogP contribution in [0.3, 0.4) is 0 Å². The smallest absolute Gasteiger partial charge is 0.326 e. The third-order valence-corrected chi connectivity index (χ3v) is 9.77. The number of rotatable bonds is 16. The van der Waals surface area contributed by atoms with Crippen LogP contribution in [0.5, 0.6) is 0 Å². The SMILES string of the molecule is CCC(C)C(C(=O)O)N(C)C(=O)C1CCCN1C(=O)C(C(C)C)N(C)C(=O)C(Cc1ccccc1)NC(=O)C(Cc1ccccc1)N(C)C. The second-order valence-corrected chi connectivity index (χ2v) is 13.9. The summed E-state index contributed by atoms with van der Waals surface area (Å²) < 4.78 is 0. The molecule has 1 heterocycles. The molecule has 0 spiro atoms. The normalized spacial score (nSPS) is 17.6. The molecule has 1 aliphatic heterocycles. The number of likely N-dealkylation sites (N-methyl/N-ethyl adjacent to an activating group) is 3. The number of nitrogens with one attached hydrogen (secondary N) is 1. The zero-order valence-corrected chi connectivity index (χ0v) is 30.3. The van der Waals surface area contributed by atoms with Crippen molar-refractivity contribution in [3.8, 4) is 0 Å². The average Bonchev–Trinajstić information content (AvgIpc) is 3.56. The van der Waals surface area contributed by atoms with Crippen LogP contribution in [0.15, 0.2) is 60.7 Å². The summed E-state index contributed by atoms with van der Waals surface area (Å²) in [6.45, 7) is 7.69. The van der Waals surface area contributed by atoms with Crippen molar-refractivity contribution in [3.63, 3.8) is 0 Å². The lowest BCUT2D eigenvalue weighted by Crippen LogP contribution is -2.60. The molecule has 3 rings (SSSR count). The highest BCUT2D eigenvalue weighted by Crippen LogP contribution is 2.26. The Kier molecular flexibility index (Phi) is 14.4. The van der Waals surface area contributed by atoms with Crippen LogP contribution >= 0.6 is 0 Å². The molecule has 1 fully saturated rings. The zero-order chi connectivity index (χ0) is 36.4. The minimum absolute atomic E-state index is 0.224. The largest absolute Gasteiger partial charge is 0.480 e. The van der Waals surface area contributed by atoms with E-state index in [0.29, 0.717) is 32.2 Å². The maximum Gasteiger partial charge on any atom is 0.326 e. The van der Waals surface area contributed by atoms with E-state index >= 15 is 0 Å². The lowest BCUT2D eigenvalue weighted by Gasteiger charge is -2.38. The Balaban J connectivity index is 1.89. The molecule has 1 aliphatic rings. The van der Waals surface area contributed by atoms with Crippen molar-refractivity contribution in [1.29, 1.82) is 0 Å². The number of nitrogens with zero attached hydrogens (tertiary/aromatic N) is 4. The molecule has 268 valence electrons. The summed E-state index contributed by atoms with van der Waals surface area (Å²) >= 11 is 0. The molecule has 6 unspecified atom stereocenters. The van der Waals surface area contributed by atoms with E-state index in [2.05, 4.69) is 5.32 Å². The Morgan fingerprint density at radius 3 is 1.88 bits per heavy atom. The fourth-order valence-corrected chi connectivity index (χ4v) is 6.79. The summed E-state index contributed by atoms with van der Waals surface area (Å²) in [5.41, 5.74) is 1.85. The molecule has 0 aliphatic carbocycles. The molecule has 0 aromatic heterocycles. The van der Waals surface area contributed by atoms with Gasteiger partial charge in [0, 0.05) is 27.1 Å². The number of carboxylic acid groups (broad SMARTS) is 1. The predicted molar refractivity (Wildman–Crippen MR) is 189 cm³/mol. The molecule has 2 N–H and O–H groups in total. The average molecular weight is 678 g/mol. The topological polar surface area (TPSA) is 131 Å². The van der Waals surface area contributed by atoms with Crippen LogP contribution < -0.4 is 5.32 Å². The van der Waals surface area contributed by atoms with Gasteiger partial charge in [-0.15, -0.1) is 0 Å². The number of aliphatic carboxylic acids is 1. The molecule has 1 saturated heterocycles. The number of amides is 4.